The molecule has 0 atom stereocenters. The Labute approximate surface area is 106 Å². The van der Waals surface area contributed by atoms with Crippen molar-refractivity contribution in [2.45, 2.75) is 6.54 Å². The summed E-state index contributed by atoms with van der Waals surface area (Å²) in [6.07, 6.45) is 5.37. The Bertz CT molecular complexity index is 458. The maximum Gasteiger partial charge on any atom is 0.178 e. The molecule has 0 fully saturated rings. The van der Waals surface area contributed by atoms with E-state index in [2.05, 4.69) is 20.3 Å². The molecule has 0 aliphatic heterocycles. The molecule has 0 amide bonds. The highest BCUT2D eigenvalue weighted by molar-refractivity contribution is 5.47. The number of hydrogen-bond acceptors (Lipinski definition) is 5. The van der Waals surface area contributed by atoms with Crippen LogP contribution in [-0.4, -0.2) is 35.2 Å². The smallest absolute Gasteiger partial charge is 0.178 e. The zero-order valence-electron chi connectivity index (χ0n) is 10.3. The van der Waals surface area contributed by atoms with Crippen LogP contribution in [0.3, 0.4) is 0 Å². The van der Waals surface area contributed by atoms with E-state index >= 15 is 0 Å². The molecule has 2 aromatic heterocycles. The van der Waals surface area contributed by atoms with Crippen LogP contribution in [0.5, 0.6) is 0 Å². The van der Waals surface area contributed by atoms with Crippen LogP contribution in [0.1, 0.15) is 5.56 Å². The fourth-order valence-electron chi connectivity index (χ4n) is 1.48. The van der Waals surface area contributed by atoms with Gasteiger partial charge in [-0.25, -0.2) is 9.97 Å². The van der Waals surface area contributed by atoms with Crippen LogP contribution in [0.2, 0.25) is 0 Å². The maximum absolute atomic E-state index is 4.95. The number of nitrogens with zero attached hydrogens (tertiary/aromatic N) is 3. The number of methoxy groups -OCH3 is 1. The van der Waals surface area contributed by atoms with Crippen molar-refractivity contribution in [1.82, 2.24) is 20.3 Å². The summed E-state index contributed by atoms with van der Waals surface area (Å²) in [5.41, 5.74) is 1.84. The molecule has 0 saturated carbocycles. The summed E-state index contributed by atoms with van der Waals surface area (Å²) in [5, 5.41) is 3.24. The van der Waals surface area contributed by atoms with Crippen LogP contribution >= 0.6 is 0 Å². The highest BCUT2D eigenvalue weighted by Crippen LogP contribution is 2.09. The third-order valence-corrected chi connectivity index (χ3v) is 2.41. The number of nitrogens with one attached hydrogen (secondary N) is 1. The number of rotatable bonds is 6. The van der Waals surface area contributed by atoms with Gasteiger partial charge in [-0.3, -0.25) is 4.98 Å². The average molecular weight is 244 g/mol. The number of pyridine rings is 1. The van der Waals surface area contributed by atoms with E-state index in [-0.39, 0.29) is 0 Å². The summed E-state index contributed by atoms with van der Waals surface area (Å²) < 4.78 is 4.95. The lowest BCUT2D eigenvalue weighted by molar-refractivity contribution is 0.199. The largest absolute Gasteiger partial charge is 0.383 e. The average Bonchev–Trinajstić information content (AvgIpc) is 2.45. The summed E-state index contributed by atoms with van der Waals surface area (Å²) in [6.45, 7) is 2.26. The minimum atomic E-state index is 0.649. The predicted octanol–water partition coefficient (Wildman–Crippen LogP) is 1.27. The molecule has 18 heavy (non-hydrogen) atoms. The Kier molecular flexibility index (Phi) is 4.75. The lowest BCUT2D eigenvalue weighted by Gasteiger charge is -2.04. The van der Waals surface area contributed by atoms with Gasteiger partial charge in [0.25, 0.3) is 0 Å². The summed E-state index contributed by atoms with van der Waals surface area (Å²) in [5.74, 6) is 0.649. The van der Waals surface area contributed by atoms with Crippen molar-refractivity contribution in [2.75, 3.05) is 20.3 Å². The highest BCUT2D eigenvalue weighted by Gasteiger charge is 2.01. The van der Waals surface area contributed by atoms with Gasteiger partial charge in [0.05, 0.1) is 6.61 Å². The molecule has 2 rings (SSSR count). The molecule has 2 heterocycles. The lowest BCUT2D eigenvalue weighted by Crippen LogP contribution is -2.18. The fraction of sp³-hybridized carbons (Fsp3) is 0.308. The zero-order valence-corrected chi connectivity index (χ0v) is 10.3. The molecular weight excluding hydrogens is 228 g/mol. The Balaban J connectivity index is 1.94. The summed E-state index contributed by atoms with van der Waals surface area (Å²) in [6, 6.07) is 5.69. The first-order chi connectivity index (χ1) is 8.90. The van der Waals surface area contributed by atoms with Crippen LogP contribution in [0, 0.1) is 0 Å². The van der Waals surface area contributed by atoms with Gasteiger partial charge in [0.15, 0.2) is 5.82 Å². The number of aromatic nitrogens is 3. The van der Waals surface area contributed by atoms with Gasteiger partial charge in [-0.1, -0.05) is 6.07 Å². The molecule has 0 saturated heterocycles. The Hall–Kier alpha value is -1.85. The second-order valence-corrected chi connectivity index (χ2v) is 3.80. The molecule has 0 unspecified atom stereocenters. The van der Waals surface area contributed by atoms with Crippen LogP contribution < -0.4 is 5.32 Å². The van der Waals surface area contributed by atoms with Gasteiger partial charge in [0.2, 0.25) is 0 Å². The van der Waals surface area contributed by atoms with E-state index in [9.17, 15) is 0 Å². The third-order valence-electron chi connectivity index (χ3n) is 2.41. The molecule has 0 aromatic carbocycles. The maximum atomic E-state index is 4.95. The molecule has 0 aliphatic carbocycles. The normalized spacial score (nSPS) is 10.5. The first-order valence-corrected chi connectivity index (χ1v) is 5.82. The van der Waals surface area contributed by atoms with E-state index in [0.717, 1.165) is 24.3 Å². The van der Waals surface area contributed by atoms with Crippen LogP contribution in [0.25, 0.3) is 11.5 Å². The predicted molar refractivity (Wildman–Crippen MR) is 68.8 cm³/mol. The first-order valence-electron chi connectivity index (χ1n) is 5.82. The van der Waals surface area contributed by atoms with Crippen molar-refractivity contribution in [2.24, 2.45) is 0 Å². The number of ether oxygens (including phenoxy) is 1. The summed E-state index contributed by atoms with van der Waals surface area (Å²) >= 11 is 0. The molecule has 5 heteroatoms. The van der Waals surface area contributed by atoms with Crippen molar-refractivity contribution in [3.63, 3.8) is 0 Å². The third kappa shape index (κ3) is 3.58. The Morgan fingerprint density at radius 1 is 1.17 bits per heavy atom. The lowest BCUT2D eigenvalue weighted by atomic mass is 10.3. The molecular formula is C13H16N4O. The van der Waals surface area contributed by atoms with Gasteiger partial charge in [0, 0.05) is 44.4 Å². The molecule has 5 nitrogen and oxygen atoms in total. The van der Waals surface area contributed by atoms with E-state index < -0.39 is 0 Å². The van der Waals surface area contributed by atoms with E-state index in [1.165, 1.54) is 0 Å². The molecule has 0 radical (unpaired) electrons. The molecule has 0 spiro atoms. The molecule has 2 aromatic rings. The van der Waals surface area contributed by atoms with E-state index in [1.807, 2.05) is 30.6 Å². The molecule has 1 N–H and O–H groups in total. The van der Waals surface area contributed by atoms with Crippen molar-refractivity contribution in [3.8, 4) is 11.5 Å². The van der Waals surface area contributed by atoms with Crippen molar-refractivity contribution >= 4 is 0 Å². The molecule has 0 bridgehead atoms. The van der Waals surface area contributed by atoms with Gasteiger partial charge in [-0.05, 0) is 12.1 Å². The SMILES string of the molecule is COCCNCc1cnc(-c2ccccn2)nc1. The van der Waals surface area contributed by atoms with Gasteiger partial charge < -0.3 is 10.1 Å². The minimum Gasteiger partial charge on any atom is -0.383 e. The van der Waals surface area contributed by atoms with Gasteiger partial charge in [-0.15, -0.1) is 0 Å². The van der Waals surface area contributed by atoms with E-state index in [1.54, 1.807) is 13.3 Å². The summed E-state index contributed by atoms with van der Waals surface area (Å²) in [4.78, 5) is 12.8. The second kappa shape index (κ2) is 6.78. The van der Waals surface area contributed by atoms with Crippen LogP contribution in [0.4, 0.5) is 0 Å². The van der Waals surface area contributed by atoms with E-state index in [4.69, 9.17) is 4.74 Å². The fourth-order valence-corrected chi connectivity index (χ4v) is 1.48. The summed E-state index contributed by atoms with van der Waals surface area (Å²) in [7, 11) is 1.69. The quantitative estimate of drug-likeness (QED) is 0.775. The monoisotopic (exact) mass is 244 g/mol. The molecule has 94 valence electrons. The van der Waals surface area contributed by atoms with Gasteiger partial charge in [0.1, 0.15) is 5.69 Å². The van der Waals surface area contributed by atoms with Crippen LogP contribution in [-0.2, 0) is 11.3 Å². The van der Waals surface area contributed by atoms with Crippen molar-refractivity contribution in [1.29, 1.82) is 0 Å². The first kappa shape index (κ1) is 12.6. The van der Waals surface area contributed by atoms with Crippen LogP contribution in [0.15, 0.2) is 36.8 Å². The van der Waals surface area contributed by atoms with Gasteiger partial charge >= 0.3 is 0 Å². The number of hydrogen-bond donors (Lipinski definition) is 1. The molecule has 0 aliphatic rings. The van der Waals surface area contributed by atoms with E-state index in [0.29, 0.717) is 12.4 Å². The highest BCUT2D eigenvalue weighted by atomic mass is 16.5. The van der Waals surface area contributed by atoms with Gasteiger partial charge in [-0.2, -0.15) is 0 Å². The minimum absolute atomic E-state index is 0.649. The standard InChI is InChI=1S/C13H16N4O/c1-18-7-6-14-8-11-9-16-13(17-10-11)12-4-2-3-5-15-12/h2-5,9-10,14H,6-8H2,1H3. The second-order valence-electron chi connectivity index (χ2n) is 3.80. The van der Waals surface area contributed by atoms with Crippen molar-refractivity contribution < 1.29 is 4.74 Å². The van der Waals surface area contributed by atoms with Crippen molar-refractivity contribution in [3.05, 3.63) is 42.4 Å². The Morgan fingerprint density at radius 3 is 2.67 bits per heavy atom. The topological polar surface area (TPSA) is 59.9 Å². The zero-order chi connectivity index (χ0) is 12.6. The Morgan fingerprint density at radius 2 is 2.00 bits per heavy atom.